The SMILES string of the molecule is Cc1ccc(-c2csc(NC(=O)C(Sc3ccc(NC(=O)/C=C/c4ccccc4)cc3)c3ccccc3)n2)cc1. The third-order valence-electron chi connectivity index (χ3n) is 6.02. The Balaban J connectivity index is 1.26. The lowest BCUT2D eigenvalue weighted by molar-refractivity contribution is -0.116. The molecule has 0 fully saturated rings. The van der Waals surface area contributed by atoms with Gasteiger partial charge < -0.3 is 10.6 Å². The summed E-state index contributed by atoms with van der Waals surface area (Å²) in [6, 6.07) is 35.0. The van der Waals surface area contributed by atoms with Crippen molar-refractivity contribution < 1.29 is 9.59 Å². The average molecular weight is 562 g/mol. The molecule has 5 nitrogen and oxygen atoms in total. The van der Waals surface area contributed by atoms with E-state index >= 15 is 0 Å². The topological polar surface area (TPSA) is 71.1 Å². The van der Waals surface area contributed by atoms with Crippen LogP contribution in [-0.4, -0.2) is 16.8 Å². The maximum Gasteiger partial charge on any atom is 0.248 e. The van der Waals surface area contributed by atoms with E-state index in [1.165, 1.54) is 34.7 Å². The molecular formula is C33H27N3O2S2. The maximum atomic E-state index is 13.5. The number of carbonyl (C=O) groups is 2. The van der Waals surface area contributed by atoms with Gasteiger partial charge in [-0.25, -0.2) is 4.98 Å². The van der Waals surface area contributed by atoms with Gasteiger partial charge in [-0.2, -0.15) is 0 Å². The fraction of sp³-hybridized carbons (Fsp3) is 0.0606. The van der Waals surface area contributed by atoms with Crippen LogP contribution >= 0.6 is 23.1 Å². The predicted octanol–water partition coefficient (Wildman–Crippen LogP) is 8.24. The van der Waals surface area contributed by atoms with Crippen molar-refractivity contribution in [2.45, 2.75) is 17.1 Å². The van der Waals surface area contributed by atoms with Gasteiger partial charge in [0.2, 0.25) is 11.8 Å². The number of thiazole rings is 1. The van der Waals surface area contributed by atoms with E-state index in [4.69, 9.17) is 0 Å². The highest BCUT2D eigenvalue weighted by Gasteiger charge is 2.23. The van der Waals surface area contributed by atoms with Crippen LogP contribution in [0.25, 0.3) is 17.3 Å². The van der Waals surface area contributed by atoms with E-state index < -0.39 is 5.25 Å². The Morgan fingerprint density at radius 3 is 2.20 bits per heavy atom. The molecule has 1 unspecified atom stereocenters. The molecular weight excluding hydrogens is 535 g/mol. The normalized spacial score (nSPS) is 11.7. The standard InChI is InChI=1S/C33H27N3O2S2/c1-23-12-15-25(16-13-23)29-22-39-33(35-29)36-32(38)31(26-10-6-3-7-11-26)40-28-19-17-27(18-20-28)34-30(37)21-14-24-8-4-2-5-9-24/h2-22,31H,1H3,(H,34,37)(H,35,36,38)/b21-14+. The summed E-state index contributed by atoms with van der Waals surface area (Å²) < 4.78 is 0. The van der Waals surface area contributed by atoms with Crippen molar-refractivity contribution >= 4 is 51.8 Å². The Labute approximate surface area is 242 Å². The molecule has 0 radical (unpaired) electrons. The minimum absolute atomic E-state index is 0.149. The number of anilines is 2. The second kappa shape index (κ2) is 13.1. The van der Waals surface area contributed by atoms with Crippen LogP contribution in [0.1, 0.15) is 21.9 Å². The number of nitrogens with zero attached hydrogens (tertiary/aromatic N) is 1. The summed E-state index contributed by atoms with van der Waals surface area (Å²) in [6.07, 6.45) is 3.28. The van der Waals surface area contributed by atoms with E-state index in [2.05, 4.69) is 15.6 Å². The monoisotopic (exact) mass is 561 g/mol. The van der Waals surface area contributed by atoms with E-state index in [1.807, 2.05) is 121 Å². The molecule has 2 amide bonds. The molecule has 198 valence electrons. The summed E-state index contributed by atoms with van der Waals surface area (Å²) in [5, 5.41) is 7.91. The molecule has 4 aromatic carbocycles. The molecule has 5 rings (SSSR count). The number of rotatable bonds is 9. The lowest BCUT2D eigenvalue weighted by atomic mass is 10.1. The van der Waals surface area contributed by atoms with E-state index in [9.17, 15) is 9.59 Å². The first-order chi connectivity index (χ1) is 19.5. The van der Waals surface area contributed by atoms with Crippen molar-refractivity contribution in [3.8, 4) is 11.3 Å². The number of aryl methyl sites for hydroxylation is 1. The average Bonchev–Trinajstić information content (AvgIpc) is 3.45. The van der Waals surface area contributed by atoms with E-state index in [-0.39, 0.29) is 11.8 Å². The van der Waals surface area contributed by atoms with Gasteiger partial charge in [0, 0.05) is 27.6 Å². The van der Waals surface area contributed by atoms with Crippen LogP contribution in [0.4, 0.5) is 10.8 Å². The molecule has 5 aromatic rings. The number of hydrogen-bond donors (Lipinski definition) is 2. The first kappa shape index (κ1) is 27.1. The largest absolute Gasteiger partial charge is 0.323 e. The Kier molecular flexibility index (Phi) is 8.86. The van der Waals surface area contributed by atoms with Crippen LogP contribution in [-0.2, 0) is 9.59 Å². The van der Waals surface area contributed by atoms with Crippen molar-refractivity contribution in [1.29, 1.82) is 0 Å². The second-order valence-corrected chi connectivity index (χ2v) is 11.1. The van der Waals surface area contributed by atoms with Crippen LogP contribution in [0, 0.1) is 6.92 Å². The highest BCUT2D eigenvalue weighted by molar-refractivity contribution is 8.00. The molecule has 40 heavy (non-hydrogen) atoms. The van der Waals surface area contributed by atoms with Gasteiger partial charge in [-0.3, -0.25) is 9.59 Å². The molecule has 1 atom stereocenters. The van der Waals surface area contributed by atoms with Crippen molar-refractivity contribution in [2.24, 2.45) is 0 Å². The molecule has 0 aliphatic carbocycles. The predicted molar refractivity (Wildman–Crippen MR) is 167 cm³/mol. The highest BCUT2D eigenvalue weighted by atomic mass is 32.2. The van der Waals surface area contributed by atoms with Gasteiger partial charge in [0.15, 0.2) is 5.13 Å². The Morgan fingerprint density at radius 2 is 1.50 bits per heavy atom. The lowest BCUT2D eigenvalue weighted by Gasteiger charge is -2.16. The minimum Gasteiger partial charge on any atom is -0.323 e. The summed E-state index contributed by atoms with van der Waals surface area (Å²) in [4.78, 5) is 31.4. The molecule has 7 heteroatoms. The lowest BCUT2D eigenvalue weighted by Crippen LogP contribution is -2.19. The zero-order valence-corrected chi connectivity index (χ0v) is 23.4. The van der Waals surface area contributed by atoms with Gasteiger partial charge in [0.1, 0.15) is 5.25 Å². The Bertz CT molecular complexity index is 1600. The van der Waals surface area contributed by atoms with Gasteiger partial charge in [0.05, 0.1) is 5.69 Å². The maximum absolute atomic E-state index is 13.5. The van der Waals surface area contributed by atoms with Gasteiger partial charge >= 0.3 is 0 Å². The first-order valence-electron chi connectivity index (χ1n) is 12.7. The number of hydrogen-bond acceptors (Lipinski definition) is 5. The van der Waals surface area contributed by atoms with Crippen LogP contribution in [0.3, 0.4) is 0 Å². The number of amides is 2. The number of carbonyl (C=O) groups excluding carboxylic acids is 2. The summed E-state index contributed by atoms with van der Waals surface area (Å²) >= 11 is 2.86. The molecule has 0 aliphatic rings. The van der Waals surface area contributed by atoms with Gasteiger partial charge in [0.25, 0.3) is 0 Å². The van der Waals surface area contributed by atoms with Crippen LogP contribution in [0.2, 0.25) is 0 Å². The van der Waals surface area contributed by atoms with Crippen LogP contribution in [0.5, 0.6) is 0 Å². The summed E-state index contributed by atoms with van der Waals surface area (Å²) in [6.45, 7) is 2.05. The Hall–Kier alpha value is -4.46. The van der Waals surface area contributed by atoms with Crippen molar-refractivity contribution in [3.05, 3.63) is 137 Å². The third kappa shape index (κ3) is 7.34. The molecule has 0 spiro atoms. The molecule has 2 N–H and O–H groups in total. The minimum atomic E-state index is -0.484. The number of benzene rings is 4. The number of aromatic nitrogens is 1. The summed E-state index contributed by atoms with van der Waals surface area (Å²) in [5.41, 5.74) is 5.56. The molecule has 0 saturated heterocycles. The smallest absolute Gasteiger partial charge is 0.248 e. The van der Waals surface area contributed by atoms with E-state index in [0.29, 0.717) is 10.8 Å². The third-order valence-corrected chi connectivity index (χ3v) is 8.05. The molecule has 0 bridgehead atoms. The van der Waals surface area contributed by atoms with Crippen LogP contribution < -0.4 is 10.6 Å². The van der Waals surface area contributed by atoms with Crippen LogP contribution in [0.15, 0.2) is 126 Å². The number of nitrogens with one attached hydrogen (secondary N) is 2. The highest BCUT2D eigenvalue weighted by Crippen LogP contribution is 2.37. The molecule has 1 heterocycles. The van der Waals surface area contributed by atoms with Crippen molar-refractivity contribution in [2.75, 3.05) is 10.6 Å². The molecule has 0 aliphatic heterocycles. The van der Waals surface area contributed by atoms with Crippen molar-refractivity contribution in [3.63, 3.8) is 0 Å². The fourth-order valence-corrected chi connectivity index (χ4v) is 5.68. The quantitative estimate of drug-likeness (QED) is 0.140. The van der Waals surface area contributed by atoms with Gasteiger partial charge in [-0.05, 0) is 48.4 Å². The van der Waals surface area contributed by atoms with E-state index in [0.717, 1.165) is 27.3 Å². The molecule has 0 saturated carbocycles. The van der Waals surface area contributed by atoms with Gasteiger partial charge in [-0.1, -0.05) is 90.5 Å². The zero-order valence-electron chi connectivity index (χ0n) is 21.8. The second-order valence-electron chi connectivity index (χ2n) is 9.06. The summed E-state index contributed by atoms with van der Waals surface area (Å²) in [7, 11) is 0. The van der Waals surface area contributed by atoms with Gasteiger partial charge in [-0.15, -0.1) is 23.1 Å². The summed E-state index contributed by atoms with van der Waals surface area (Å²) in [5.74, 6) is -0.358. The zero-order chi connectivity index (χ0) is 27.7. The molecule has 1 aromatic heterocycles. The van der Waals surface area contributed by atoms with Crippen molar-refractivity contribution in [1.82, 2.24) is 4.98 Å². The number of thioether (sulfide) groups is 1. The fourth-order valence-electron chi connectivity index (χ4n) is 3.93. The Morgan fingerprint density at radius 1 is 0.825 bits per heavy atom. The first-order valence-corrected chi connectivity index (χ1v) is 14.5. The van der Waals surface area contributed by atoms with E-state index in [1.54, 1.807) is 6.08 Å².